The van der Waals surface area contributed by atoms with Crippen molar-refractivity contribution in [1.29, 1.82) is 0 Å². The van der Waals surface area contributed by atoms with Crippen LogP contribution in [0.2, 0.25) is 0 Å². The maximum Gasteiger partial charge on any atom is 0.321 e. The zero-order chi connectivity index (χ0) is 62.1. The number of amides is 7. The number of hydrogen-bond donors (Lipinski definition) is 5. The number of fused-ring (bicyclic) bond motifs is 4. The van der Waals surface area contributed by atoms with Gasteiger partial charge in [0.25, 0.3) is 11.8 Å². The summed E-state index contributed by atoms with van der Waals surface area (Å²) in [6.07, 6.45) is 10.3. The highest BCUT2D eigenvalue weighted by atomic mass is 32.2. The number of aliphatic imine (C=N–C) groups is 2. The molecule has 1 saturated heterocycles. The normalized spacial score (nSPS) is 18.5. The number of imide groups is 1. The number of nitrogens with zero attached hydrogens (tertiary/aromatic N) is 5. The Hall–Kier alpha value is -9.03. The standard InChI is InChI=1S/C63H71N9O14S/c1-35(2)57(69-55(73)11-8-7-9-20-70-56(74)29-54(62(70)79)87-34-47(64)63(80)81)59(76)67-36(3)58(75)68-41-16-12-37(13-17-41)39-23-42-30-65-48-27-52(50(83-5)25-45(48)60(77)71(42)32-39)85-21-10-22-86-53-28-49-46(26-51(53)84-6)61(78)72-33-40(24-43(72)31-66-49)38-14-18-44(82-4)19-15-38/h12-19,25-28,30-33,35-36,42-43,47,54,57H,7-11,20-24,29,34,64H2,1-6H3,(H,67,76)(H,68,75)(H,69,73)(H,80,81)/t36-,42-,43-,47-,54?,57-/m0/s1. The SMILES string of the molecule is COc1ccc(C2=CN3C(=O)c4cc(OC)c(OCCCOc5cc6c(cc5OC)C(=O)N5C=C(c7ccc(NC(=O)[C@H](C)NC(=O)[C@@H](NC(=O)CCCCCN8C(=O)CC(SC[C@H](N)C(=O)O)C8=O)C(C)C)cc7)C[C@H]5C=N6)cc4N=C[C@@H]3C2)cc1. The van der Waals surface area contributed by atoms with E-state index < -0.39 is 41.2 Å². The van der Waals surface area contributed by atoms with E-state index in [1.807, 2.05) is 42.6 Å². The molecule has 4 aromatic rings. The minimum atomic E-state index is -1.18. The van der Waals surface area contributed by atoms with Crippen molar-refractivity contribution in [3.63, 3.8) is 0 Å². The zero-order valence-electron chi connectivity index (χ0n) is 49.2. The summed E-state index contributed by atoms with van der Waals surface area (Å²) in [5.41, 5.74) is 11.4. The summed E-state index contributed by atoms with van der Waals surface area (Å²) in [5, 5.41) is 16.6. The van der Waals surface area contributed by atoms with E-state index in [1.54, 1.807) is 92.7 Å². The van der Waals surface area contributed by atoms with Crippen LogP contribution in [0.15, 0.2) is 95.2 Å². The van der Waals surface area contributed by atoms with Crippen molar-refractivity contribution < 1.29 is 67.1 Å². The average molecular weight is 1210 g/mol. The summed E-state index contributed by atoms with van der Waals surface area (Å²) in [6, 6.07) is 17.9. The first-order valence-electron chi connectivity index (χ1n) is 28.8. The number of ether oxygens (including phenoxy) is 5. The van der Waals surface area contributed by atoms with Crippen molar-refractivity contribution in [3.05, 3.63) is 107 Å². The Morgan fingerprint density at radius 3 is 1.75 bits per heavy atom. The van der Waals surface area contributed by atoms with Gasteiger partial charge in [0.2, 0.25) is 29.5 Å². The van der Waals surface area contributed by atoms with E-state index in [-0.39, 0.29) is 85.9 Å². The van der Waals surface area contributed by atoms with Gasteiger partial charge in [0.05, 0.1) is 74.4 Å². The number of carboxylic acid groups (broad SMARTS) is 1. The first-order chi connectivity index (χ1) is 41.8. The van der Waals surface area contributed by atoms with Crippen LogP contribution in [-0.2, 0) is 28.8 Å². The lowest BCUT2D eigenvalue weighted by Gasteiger charge is -2.24. The zero-order valence-corrected chi connectivity index (χ0v) is 50.1. The minimum absolute atomic E-state index is 0.00837. The highest BCUT2D eigenvalue weighted by Crippen LogP contribution is 2.42. The molecular weight excluding hydrogens is 1140 g/mol. The summed E-state index contributed by atoms with van der Waals surface area (Å²) in [6.45, 7) is 5.76. The number of carboxylic acids is 1. The van der Waals surface area contributed by atoms with E-state index in [4.69, 9.17) is 44.5 Å². The second kappa shape index (κ2) is 28.0. The van der Waals surface area contributed by atoms with Crippen LogP contribution in [-0.4, -0.2) is 162 Å². The molecule has 0 radical (unpaired) electrons. The second-order valence-corrected chi connectivity index (χ2v) is 23.1. The number of hydrogen-bond acceptors (Lipinski definition) is 17. The maximum absolute atomic E-state index is 14.1. The molecule has 0 spiro atoms. The lowest BCUT2D eigenvalue weighted by Crippen LogP contribution is -2.53. The molecule has 0 aliphatic carbocycles. The van der Waals surface area contributed by atoms with Gasteiger partial charge in [-0.3, -0.25) is 53.2 Å². The number of benzene rings is 4. The molecule has 23 nitrogen and oxygen atoms in total. The van der Waals surface area contributed by atoms with E-state index in [0.29, 0.717) is 89.7 Å². The number of thioether (sulfide) groups is 1. The van der Waals surface area contributed by atoms with E-state index in [1.165, 1.54) is 19.1 Å². The molecule has 6 atom stereocenters. The average Bonchev–Trinajstić information content (AvgIpc) is 1.99. The Bertz CT molecular complexity index is 3440. The number of nitrogens with two attached hydrogens (primary N) is 1. The van der Waals surface area contributed by atoms with Crippen LogP contribution >= 0.6 is 11.8 Å². The third-order valence-corrected chi connectivity index (χ3v) is 16.8. The van der Waals surface area contributed by atoms with Crippen LogP contribution in [0.3, 0.4) is 0 Å². The summed E-state index contributed by atoms with van der Waals surface area (Å²) in [5.74, 6) is -1.67. The van der Waals surface area contributed by atoms with Crippen molar-refractivity contribution in [1.82, 2.24) is 25.3 Å². The Morgan fingerprint density at radius 2 is 1.23 bits per heavy atom. The predicted molar refractivity (Wildman–Crippen MR) is 327 cm³/mol. The van der Waals surface area contributed by atoms with E-state index in [9.17, 15) is 38.4 Å². The number of likely N-dealkylation sites (tertiary alicyclic amines) is 1. The number of carbonyl (C=O) groups excluding carboxylic acids is 7. The van der Waals surface area contributed by atoms with Crippen LogP contribution in [0.25, 0.3) is 11.1 Å². The van der Waals surface area contributed by atoms with Gasteiger partial charge in [-0.2, -0.15) is 0 Å². The molecule has 0 saturated carbocycles. The number of anilines is 1. The minimum Gasteiger partial charge on any atom is -0.497 e. The maximum atomic E-state index is 14.1. The second-order valence-electron chi connectivity index (χ2n) is 21.9. The van der Waals surface area contributed by atoms with Gasteiger partial charge in [-0.25, -0.2) is 0 Å². The molecule has 6 N–H and O–H groups in total. The number of aliphatic carboxylic acids is 1. The van der Waals surface area contributed by atoms with Crippen LogP contribution in [0.1, 0.15) is 104 Å². The first kappa shape index (κ1) is 62.5. The quantitative estimate of drug-likeness (QED) is 0.0299. The lowest BCUT2D eigenvalue weighted by molar-refractivity contribution is -0.139. The largest absolute Gasteiger partial charge is 0.497 e. The number of nitrogens with one attached hydrogen (secondary N) is 3. The third-order valence-electron chi connectivity index (χ3n) is 15.5. The third kappa shape index (κ3) is 14.6. The Balaban J connectivity index is 0.715. The summed E-state index contributed by atoms with van der Waals surface area (Å²) in [7, 11) is 4.64. The first-order valence-corrected chi connectivity index (χ1v) is 29.8. The van der Waals surface area contributed by atoms with Gasteiger partial charge in [0.1, 0.15) is 23.9 Å². The fourth-order valence-corrected chi connectivity index (χ4v) is 11.7. The smallest absolute Gasteiger partial charge is 0.321 e. The molecule has 1 fully saturated rings. The molecule has 7 amide bonds. The van der Waals surface area contributed by atoms with Gasteiger partial charge < -0.3 is 60.3 Å². The fraction of sp³-hybridized carbons (Fsp3) is 0.397. The van der Waals surface area contributed by atoms with Crippen molar-refractivity contribution >= 4 is 99.7 Å². The molecule has 458 valence electrons. The van der Waals surface area contributed by atoms with Gasteiger partial charge in [0.15, 0.2) is 23.0 Å². The fourth-order valence-electron chi connectivity index (χ4n) is 10.6. The lowest BCUT2D eigenvalue weighted by atomic mass is 10.0. The summed E-state index contributed by atoms with van der Waals surface area (Å²) >= 11 is 1.06. The molecule has 1 unspecified atom stereocenters. The number of unbranched alkanes of at least 4 members (excludes halogenated alkanes) is 2. The highest BCUT2D eigenvalue weighted by Gasteiger charge is 2.40. The molecule has 0 bridgehead atoms. The van der Waals surface area contributed by atoms with Crippen LogP contribution in [0.4, 0.5) is 17.1 Å². The molecule has 9 rings (SSSR count). The molecule has 4 aromatic carbocycles. The van der Waals surface area contributed by atoms with Crippen LogP contribution < -0.4 is 45.4 Å². The predicted octanol–water partition coefficient (Wildman–Crippen LogP) is 6.92. The van der Waals surface area contributed by atoms with Gasteiger partial charge in [-0.15, -0.1) is 11.8 Å². The number of carbonyl (C=O) groups is 8. The van der Waals surface area contributed by atoms with Gasteiger partial charge in [-0.1, -0.05) is 44.5 Å². The van der Waals surface area contributed by atoms with Gasteiger partial charge in [-0.05, 0) is 84.4 Å². The Kier molecular flexibility index (Phi) is 20.1. The van der Waals surface area contributed by atoms with E-state index >= 15 is 0 Å². The molecule has 5 aliphatic rings. The summed E-state index contributed by atoms with van der Waals surface area (Å²) in [4.78, 5) is 118. The van der Waals surface area contributed by atoms with Crippen LogP contribution in [0.5, 0.6) is 28.7 Å². The monoisotopic (exact) mass is 1210 g/mol. The molecule has 87 heavy (non-hydrogen) atoms. The molecule has 5 heterocycles. The van der Waals surface area contributed by atoms with Crippen molar-refractivity contribution in [3.8, 4) is 28.7 Å². The summed E-state index contributed by atoms with van der Waals surface area (Å²) < 4.78 is 29.0. The topological polar surface area (TPSA) is 299 Å². The molecular formula is C63H71N9O14S. The molecule has 5 aliphatic heterocycles. The van der Waals surface area contributed by atoms with Gasteiger partial charge >= 0.3 is 5.97 Å². The van der Waals surface area contributed by atoms with Crippen LogP contribution in [0, 0.1) is 5.92 Å². The molecule has 0 aromatic heterocycles. The van der Waals surface area contributed by atoms with Gasteiger partial charge in [0, 0.05) is 87.1 Å². The highest BCUT2D eigenvalue weighted by molar-refractivity contribution is 8.00. The number of methoxy groups -OCH3 is 3. The number of rotatable bonds is 27. The Morgan fingerprint density at radius 1 is 0.678 bits per heavy atom. The van der Waals surface area contributed by atoms with Crippen molar-refractivity contribution in [2.45, 2.75) is 108 Å². The van der Waals surface area contributed by atoms with E-state index in [2.05, 4.69) is 16.0 Å². The van der Waals surface area contributed by atoms with Crippen molar-refractivity contribution in [2.24, 2.45) is 21.6 Å². The van der Waals surface area contributed by atoms with E-state index in [0.717, 1.165) is 39.8 Å². The van der Waals surface area contributed by atoms with Crippen molar-refractivity contribution in [2.75, 3.05) is 52.2 Å². The Labute approximate surface area is 507 Å². The molecule has 24 heteroatoms.